The number of amides is 1. The number of anilines is 1. The number of para-hydroxylation sites is 1. The summed E-state index contributed by atoms with van der Waals surface area (Å²) in [5, 5.41) is 3.32. The molecule has 1 heterocycles. The summed E-state index contributed by atoms with van der Waals surface area (Å²) < 4.78 is 6.60. The quantitative estimate of drug-likeness (QED) is 0.897. The molecule has 5 heteroatoms. The molecule has 1 atom stereocenters. The van der Waals surface area contributed by atoms with Crippen LogP contribution in [0.4, 0.5) is 5.69 Å². The zero-order valence-electron chi connectivity index (χ0n) is 11.2. The molecule has 0 aromatic heterocycles. The molecule has 1 aliphatic rings. The predicted molar refractivity (Wildman–Crippen MR) is 79.0 cm³/mol. The largest absolute Gasteiger partial charge is 0.375 e. The lowest BCUT2D eigenvalue weighted by atomic mass is 9.80. The van der Waals surface area contributed by atoms with Crippen LogP contribution in [0.5, 0.6) is 0 Å². The maximum absolute atomic E-state index is 12.0. The van der Waals surface area contributed by atoms with E-state index in [1.165, 1.54) is 0 Å². The summed E-state index contributed by atoms with van der Waals surface area (Å²) in [6, 6.07) is 7.71. The van der Waals surface area contributed by atoms with Crippen LogP contribution in [-0.4, -0.2) is 23.7 Å². The summed E-state index contributed by atoms with van der Waals surface area (Å²) in [4.78, 5) is 12.0. The van der Waals surface area contributed by atoms with Gasteiger partial charge in [0.25, 0.3) is 0 Å². The number of primary amides is 1. The van der Waals surface area contributed by atoms with E-state index in [0.29, 0.717) is 19.4 Å². The molecule has 1 aromatic rings. The first-order valence-electron chi connectivity index (χ1n) is 6.31. The third-order valence-electron chi connectivity index (χ3n) is 3.47. The van der Waals surface area contributed by atoms with E-state index in [1.54, 1.807) is 0 Å². The average molecular weight is 327 g/mol. The zero-order chi connectivity index (χ0) is 14.1. The molecule has 3 N–H and O–H groups in total. The van der Waals surface area contributed by atoms with Gasteiger partial charge >= 0.3 is 0 Å². The first kappa shape index (κ1) is 14.3. The smallest absolute Gasteiger partial charge is 0.243 e. The normalized spacial score (nSPS) is 25.8. The highest BCUT2D eigenvalue weighted by Gasteiger charge is 2.45. The molecule has 1 aliphatic heterocycles. The second kappa shape index (κ2) is 5.13. The highest BCUT2D eigenvalue weighted by Crippen LogP contribution is 2.36. The number of rotatable bonds is 3. The second-order valence-electron chi connectivity index (χ2n) is 5.59. The van der Waals surface area contributed by atoms with Gasteiger partial charge in [-0.05, 0) is 41.9 Å². The molecule has 104 valence electrons. The Morgan fingerprint density at radius 3 is 2.68 bits per heavy atom. The molecular formula is C14H19BrN2O2. The Kier molecular flexibility index (Phi) is 3.87. The van der Waals surface area contributed by atoms with Gasteiger partial charge in [0.05, 0.1) is 12.2 Å². The topological polar surface area (TPSA) is 64.3 Å². The van der Waals surface area contributed by atoms with E-state index in [4.69, 9.17) is 10.5 Å². The molecule has 4 nitrogen and oxygen atoms in total. The number of hydrogen-bond acceptors (Lipinski definition) is 3. The van der Waals surface area contributed by atoms with Crippen LogP contribution in [0.2, 0.25) is 0 Å². The number of benzene rings is 1. The number of nitrogens with two attached hydrogens (primary N) is 1. The molecule has 0 aliphatic carbocycles. The Hall–Kier alpha value is -1.07. The third kappa shape index (κ3) is 3.09. The summed E-state index contributed by atoms with van der Waals surface area (Å²) in [5.41, 5.74) is 5.41. The highest BCUT2D eigenvalue weighted by molar-refractivity contribution is 9.10. The Labute approximate surface area is 121 Å². The van der Waals surface area contributed by atoms with Crippen LogP contribution in [0.1, 0.15) is 26.7 Å². The molecule has 0 radical (unpaired) electrons. The van der Waals surface area contributed by atoms with Gasteiger partial charge in [-0.25, -0.2) is 0 Å². The van der Waals surface area contributed by atoms with Crippen LogP contribution >= 0.6 is 15.9 Å². The Morgan fingerprint density at radius 2 is 2.11 bits per heavy atom. The van der Waals surface area contributed by atoms with Crippen LogP contribution in [0, 0.1) is 0 Å². The van der Waals surface area contributed by atoms with Gasteiger partial charge in [-0.1, -0.05) is 12.1 Å². The predicted octanol–water partition coefficient (Wildman–Crippen LogP) is 2.67. The van der Waals surface area contributed by atoms with Gasteiger partial charge in [0.15, 0.2) is 0 Å². The summed E-state index contributed by atoms with van der Waals surface area (Å²) >= 11 is 3.48. The van der Waals surface area contributed by atoms with E-state index in [1.807, 2.05) is 38.1 Å². The van der Waals surface area contributed by atoms with Gasteiger partial charge in [0.1, 0.15) is 5.54 Å². The van der Waals surface area contributed by atoms with Crippen LogP contribution in [0.15, 0.2) is 28.7 Å². The van der Waals surface area contributed by atoms with Crippen molar-refractivity contribution in [2.75, 3.05) is 11.9 Å². The van der Waals surface area contributed by atoms with E-state index in [9.17, 15) is 4.79 Å². The van der Waals surface area contributed by atoms with Crippen molar-refractivity contribution in [3.8, 4) is 0 Å². The van der Waals surface area contributed by atoms with Crippen molar-refractivity contribution >= 4 is 27.5 Å². The van der Waals surface area contributed by atoms with Crippen LogP contribution in [0.25, 0.3) is 0 Å². The van der Waals surface area contributed by atoms with E-state index < -0.39 is 5.54 Å². The molecular weight excluding hydrogens is 308 g/mol. The number of ether oxygens (including phenoxy) is 1. The lowest BCUT2D eigenvalue weighted by Crippen LogP contribution is -2.58. The van der Waals surface area contributed by atoms with Gasteiger partial charge < -0.3 is 15.8 Å². The zero-order valence-corrected chi connectivity index (χ0v) is 12.8. The molecule has 19 heavy (non-hydrogen) atoms. The lowest BCUT2D eigenvalue weighted by molar-refractivity contribution is -0.133. The summed E-state index contributed by atoms with van der Waals surface area (Å²) in [7, 11) is 0. The fraction of sp³-hybridized carbons (Fsp3) is 0.500. The number of halogens is 1. The maximum atomic E-state index is 12.0. The van der Waals surface area contributed by atoms with Crippen molar-refractivity contribution < 1.29 is 9.53 Å². The lowest BCUT2D eigenvalue weighted by Gasteiger charge is -2.43. The van der Waals surface area contributed by atoms with Crippen LogP contribution in [0.3, 0.4) is 0 Å². The van der Waals surface area contributed by atoms with Crippen molar-refractivity contribution in [1.29, 1.82) is 0 Å². The van der Waals surface area contributed by atoms with E-state index in [0.717, 1.165) is 10.2 Å². The van der Waals surface area contributed by atoms with Gasteiger partial charge in [-0.2, -0.15) is 0 Å². The third-order valence-corrected chi connectivity index (χ3v) is 4.16. The summed E-state index contributed by atoms with van der Waals surface area (Å²) in [5.74, 6) is -0.334. The number of hydrogen-bond donors (Lipinski definition) is 2. The molecule has 0 saturated carbocycles. The van der Waals surface area contributed by atoms with Gasteiger partial charge in [-0.3, -0.25) is 4.79 Å². The number of carbonyl (C=O) groups is 1. The van der Waals surface area contributed by atoms with Gasteiger partial charge in [0, 0.05) is 23.0 Å². The average Bonchev–Trinajstić information content (AvgIpc) is 2.30. The fourth-order valence-electron chi connectivity index (χ4n) is 2.57. The van der Waals surface area contributed by atoms with E-state index in [-0.39, 0.29) is 11.5 Å². The Morgan fingerprint density at radius 1 is 1.42 bits per heavy atom. The van der Waals surface area contributed by atoms with Crippen LogP contribution in [-0.2, 0) is 9.53 Å². The molecule has 1 aromatic carbocycles. The standard InChI is InChI=1S/C14H19BrN2O2/c1-13(2)9-14(12(16)18,7-8-19-13)17-11-6-4-3-5-10(11)15/h3-6,17H,7-9H2,1-2H3,(H2,16,18). The first-order valence-corrected chi connectivity index (χ1v) is 7.11. The summed E-state index contributed by atoms with van der Waals surface area (Å²) in [6.45, 7) is 4.48. The van der Waals surface area contributed by atoms with Crippen molar-refractivity contribution in [3.05, 3.63) is 28.7 Å². The Balaban J connectivity index is 2.31. The van der Waals surface area contributed by atoms with Crippen molar-refractivity contribution in [1.82, 2.24) is 0 Å². The molecule has 1 saturated heterocycles. The van der Waals surface area contributed by atoms with Gasteiger partial charge in [-0.15, -0.1) is 0 Å². The molecule has 1 fully saturated rings. The SMILES string of the molecule is CC1(C)CC(Nc2ccccc2Br)(C(N)=O)CCO1. The molecule has 0 spiro atoms. The molecule has 0 bridgehead atoms. The number of nitrogens with one attached hydrogen (secondary N) is 1. The molecule has 2 rings (SSSR count). The van der Waals surface area contributed by atoms with Gasteiger partial charge in [0.2, 0.25) is 5.91 Å². The first-order chi connectivity index (χ1) is 8.85. The number of carbonyl (C=O) groups excluding carboxylic acids is 1. The molecule has 1 amide bonds. The monoisotopic (exact) mass is 326 g/mol. The Bertz CT molecular complexity index is 490. The second-order valence-corrected chi connectivity index (χ2v) is 6.44. The van der Waals surface area contributed by atoms with E-state index >= 15 is 0 Å². The minimum atomic E-state index is -0.758. The minimum absolute atomic E-state index is 0.334. The van der Waals surface area contributed by atoms with Crippen molar-refractivity contribution in [2.24, 2.45) is 5.73 Å². The van der Waals surface area contributed by atoms with E-state index in [2.05, 4.69) is 21.2 Å². The fourth-order valence-corrected chi connectivity index (χ4v) is 2.95. The highest BCUT2D eigenvalue weighted by atomic mass is 79.9. The van der Waals surface area contributed by atoms with Crippen molar-refractivity contribution in [2.45, 2.75) is 37.8 Å². The molecule has 1 unspecified atom stereocenters. The summed E-state index contributed by atoms with van der Waals surface area (Å²) in [6.07, 6.45) is 1.13. The van der Waals surface area contributed by atoms with Crippen molar-refractivity contribution in [3.63, 3.8) is 0 Å². The van der Waals surface area contributed by atoms with Crippen LogP contribution < -0.4 is 11.1 Å². The minimum Gasteiger partial charge on any atom is -0.375 e. The maximum Gasteiger partial charge on any atom is 0.243 e.